The summed E-state index contributed by atoms with van der Waals surface area (Å²) >= 11 is 0. The minimum absolute atomic E-state index is 0.0417. The van der Waals surface area contributed by atoms with Crippen LogP contribution < -0.4 is 0 Å². The molecule has 1 rings (SSSR count). The molecule has 0 bridgehead atoms. The van der Waals surface area contributed by atoms with E-state index in [2.05, 4.69) is 9.78 Å². The zero-order valence-electron chi connectivity index (χ0n) is 3.76. The second-order valence-corrected chi connectivity index (χ2v) is 1.40. The Balaban J connectivity index is 2.31. The van der Waals surface area contributed by atoms with Crippen molar-refractivity contribution in [2.75, 3.05) is 13.2 Å². The van der Waals surface area contributed by atoms with Crippen molar-refractivity contribution >= 4 is 0 Å². The van der Waals surface area contributed by atoms with Gasteiger partial charge in [0.15, 0.2) is 0 Å². The Kier molecular flexibility index (Phi) is 1.25. The van der Waals surface area contributed by atoms with Gasteiger partial charge in [-0.2, -0.15) is 5.26 Å². The van der Waals surface area contributed by atoms with Gasteiger partial charge in [-0.05, 0) is 0 Å². The van der Waals surface area contributed by atoms with Crippen molar-refractivity contribution in [2.45, 2.75) is 0 Å². The van der Waals surface area contributed by atoms with E-state index in [9.17, 15) is 0 Å². The molecule has 3 nitrogen and oxygen atoms in total. The fourth-order valence-corrected chi connectivity index (χ4v) is 0.383. The molecule has 0 spiro atoms. The van der Waals surface area contributed by atoms with Crippen LogP contribution in [0.1, 0.15) is 0 Å². The summed E-state index contributed by atoms with van der Waals surface area (Å²) in [6, 6.07) is 2.01. The van der Waals surface area contributed by atoms with E-state index in [4.69, 9.17) is 5.26 Å². The molecule has 1 aliphatic heterocycles. The first-order chi connectivity index (χ1) is 3.43. The molecule has 0 unspecified atom stereocenters. The molecule has 1 fully saturated rings. The van der Waals surface area contributed by atoms with Crippen molar-refractivity contribution < 1.29 is 9.78 Å². The molecule has 0 aliphatic carbocycles. The Labute approximate surface area is 41.4 Å². The van der Waals surface area contributed by atoms with Crippen LogP contribution in [0, 0.1) is 17.2 Å². The molecule has 0 aromatic carbocycles. The Morgan fingerprint density at radius 3 is 2.29 bits per heavy atom. The van der Waals surface area contributed by atoms with Gasteiger partial charge in [0.05, 0.1) is 12.0 Å². The zero-order chi connectivity index (χ0) is 5.11. The van der Waals surface area contributed by atoms with Gasteiger partial charge < -0.3 is 0 Å². The summed E-state index contributed by atoms with van der Waals surface area (Å²) in [5.74, 6) is -0.0417. The average Bonchev–Trinajstić information content (AvgIpc) is 2.14. The average molecular weight is 99.1 g/mol. The second-order valence-electron chi connectivity index (χ2n) is 1.40. The minimum Gasteiger partial charge on any atom is -0.235 e. The minimum atomic E-state index is -0.0417. The van der Waals surface area contributed by atoms with Crippen molar-refractivity contribution in [3.63, 3.8) is 0 Å². The van der Waals surface area contributed by atoms with Crippen LogP contribution in [0.5, 0.6) is 0 Å². The van der Waals surface area contributed by atoms with E-state index in [0.717, 1.165) is 0 Å². The van der Waals surface area contributed by atoms with Gasteiger partial charge >= 0.3 is 0 Å². The van der Waals surface area contributed by atoms with Crippen LogP contribution in [0.15, 0.2) is 0 Å². The van der Waals surface area contributed by atoms with Crippen LogP contribution in [0.2, 0.25) is 0 Å². The molecule has 1 saturated heterocycles. The largest absolute Gasteiger partial charge is 0.235 e. The Morgan fingerprint density at radius 2 is 2.00 bits per heavy atom. The highest BCUT2D eigenvalue weighted by Gasteiger charge is 2.14. The lowest BCUT2D eigenvalue weighted by molar-refractivity contribution is -0.248. The second kappa shape index (κ2) is 1.92. The number of nitriles is 1. The first kappa shape index (κ1) is 4.57. The molecule has 1 heterocycles. The summed E-state index contributed by atoms with van der Waals surface area (Å²) in [6.45, 7) is 0.854. The fraction of sp³-hybridized carbons (Fsp3) is 0.750. The summed E-state index contributed by atoms with van der Waals surface area (Å²) in [5.41, 5.74) is 0. The third-order valence-electron chi connectivity index (χ3n) is 0.804. The Bertz CT molecular complexity index is 90.4. The number of rotatable bonds is 0. The summed E-state index contributed by atoms with van der Waals surface area (Å²) in [5, 5.41) is 8.16. The van der Waals surface area contributed by atoms with Gasteiger partial charge in [-0.1, -0.05) is 0 Å². The number of nitrogens with zero attached hydrogens (tertiary/aromatic N) is 1. The number of hydrogen-bond acceptors (Lipinski definition) is 3. The molecule has 38 valence electrons. The smallest absolute Gasteiger partial charge is 0.100 e. The van der Waals surface area contributed by atoms with Crippen LogP contribution in [0.3, 0.4) is 0 Å². The first-order valence-electron chi connectivity index (χ1n) is 2.07. The highest BCUT2D eigenvalue weighted by molar-refractivity contribution is 4.82. The van der Waals surface area contributed by atoms with Gasteiger partial charge in [-0.15, -0.1) is 0 Å². The monoisotopic (exact) mass is 99.0 g/mol. The van der Waals surface area contributed by atoms with E-state index in [-0.39, 0.29) is 5.92 Å². The maximum Gasteiger partial charge on any atom is 0.100 e. The predicted octanol–water partition coefficient (Wildman–Crippen LogP) is 0.0880. The van der Waals surface area contributed by atoms with E-state index >= 15 is 0 Å². The zero-order valence-corrected chi connectivity index (χ0v) is 3.76. The summed E-state index contributed by atoms with van der Waals surface area (Å²) < 4.78 is 0. The highest BCUT2D eigenvalue weighted by atomic mass is 17.2. The summed E-state index contributed by atoms with van der Waals surface area (Å²) in [7, 11) is 0. The van der Waals surface area contributed by atoms with Crippen LogP contribution in [-0.4, -0.2) is 13.2 Å². The van der Waals surface area contributed by atoms with Crippen LogP contribution in [0.4, 0.5) is 0 Å². The maximum atomic E-state index is 8.16. The van der Waals surface area contributed by atoms with E-state index in [0.29, 0.717) is 13.2 Å². The predicted molar refractivity (Wildman–Crippen MR) is 21.0 cm³/mol. The van der Waals surface area contributed by atoms with Gasteiger partial charge in [0.2, 0.25) is 0 Å². The van der Waals surface area contributed by atoms with Crippen LogP contribution in [-0.2, 0) is 9.78 Å². The highest BCUT2D eigenvalue weighted by Crippen LogP contribution is 2.04. The molecule has 0 N–H and O–H groups in total. The van der Waals surface area contributed by atoms with E-state index in [1.54, 1.807) is 0 Å². The molecule has 0 radical (unpaired) electrons. The molecule has 0 atom stereocenters. The van der Waals surface area contributed by atoms with Gasteiger partial charge in [0.1, 0.15) is 13.2 Å². The molecule has 7 heavy (non-hydrogen) atoms. The summed E-state index contributed by atoms with van der Waals surface area (Å²) in [4.78, 5) is 8.85. The van der Waals surface area contributed by atoms with Crippen molar-refractivity contribution in [3.05, 3.63) is 0 Å². The normalized spacial score (nSPS) is 22.1. The van der Waals surface area contributed by atoms with Crippen LogP contribution in [0.25, 0.3) is 0 Å². The molecule has 1 aliphatic rings. The van der Waals surface area contributed by atoms with Crippen LogP contribution >= 0.6 is 0 Å². The van der Waals surface area contributed by atoms with E-state index in [1.165, 1.54) is 0 Å². The molecule has 0 amide bonds. The van der Waals surface area contributed by atoms with Crippen molar-refractivity contribution in [2.24, 2.45) is 5.92 Å². The number of hydrogen-bond donors (Lipinski definition) is 0. The fourth-order valence-electron chi connectivity index (χ4n) is 0.383. The molecule has 3 heteroatoms. The molecule has 0 saturated carbocycles. The third kappa shape index (κ3) is 0.889. The van der Waals surface area contributed by atoms with Crippen molar-refractivity contribution in [3.8, 4) is 6.07 Å². The Morgan fingerprint density at radius 1 is 1.43 bits per heavy atom. The SMILES string of the molecule is N#CC1COOC1. The van der Waals surface area contributed by atoms with Crippen molar-refractivity contribution in [1.82, 2.24) is 0 Å². The standard InChI is InChI=1S/C4H5NO2/c5-1-4-2-6-7-3-4/h4H,2-3H2. The van der Waals surface area contributed by atoms with Gasteiger partial charge in [0.25, 0.3) is 0 Å². The van der Waals surface area contributed by atoms with Gasteiger partial charge in [0, 0.05) is 0 Å². The molecular formula is C4H5NO2. The molecule has 0 aromatic heterocycles. The molecule has 0 aromatic rings. The van der Waals surface area contributed by atoms with E-state index < -0.39 is 0 Å². The Hall–Kier alpha value is -0.590. The lowest BCUT2D eigenvalue weighted by Gasteiger charge is -1.81. The van der Waals surface area contributed by atoms with Crippen molar-refractivity contribution in [1.29, 1.82) is 5.26 Å². The topological polar surface area (TPSA) is 42.2 Å². The third-order valence-corrected chi connectivity index (χ3v) is 0.804. The van der Waals surface area contributed by atoms with Gasteiger partial charge in [-0.25, -0.2) is 9.78 Å². The van der Waals surface area contributed by atoms with Gasteiger partial charge in [-0.3, -0.25) is 0 Å². The van der Waals surface area contributed by atoms with E-state index in [1.807, 2.05) is 6.07 Å². The quantitative estimate of drug-likeness (QED) is 0.404. The molecular weight excluding hydrogens is 94.0 g/mol. The maximum absolute atomic E-state index is 8.16. The summed E-state index contributed by atoms with van der Waals surface area (Å²) in [6.07, 6.45) is 0. The lowest BCUT2D eigenvalue weighted by Crippen LogP contribution is -1.97. The first-order valence-corrected chi connectivity index (χ1v) is 2.07. The lowest BCUT2D eigenvalue weighted by atomic mass is 10.2.